The maximum absolute atomic E-state index is 12.8. The van der Waals surface area contributed by atoms with Crippen molar-refractivity contribution in [3.63, 3.8) is 0 Å². The Bertz CT molecular complexity index is 626. The summed E-state index contributed by atoms with van der Waals surface area (Å²) < 4.78 is 0. The third kappa shape index (κ3) is 4.64. The molecule has 2 atom stereocenters. The number of aliphatic hydroxyl groups is 1. The lowest BCUT2D eigenvalue weighted by atomic mass is 9.96. The number of carbonyl (C=O) groups is 1. The summed E-state index contributed by atoms with van der Waals surface area (Å²) in [4.78, 5) is 19.7. The Morgan fingerprint density at radius 2 is 1.81 bits per heavy atom. The topological polar surface area (TPSA) is 47.0 Å². The average molecular weight is 360 g/mol. The Balaban J connectivity index is 1.59. The van der Waals surface area contributed by atoms with Gasteiger partial charge in [0.1, 0.15) is 0 Å². The van der Waals surface area contributed by atoms with Crippen LogP contribution >= 0.6 is 0 Å². The molecular weight excluding hydrogens is 326 g/mol. The summed E-state index contributed by atoms with van der Waals surface area (Å²) in [5.41, 5.74) is 3.50. The summed E-state index contributed by atoms with van der Waals surface area (Å²) in [5.74, 6) is 0.779. The number of carbonyl (C=O) groups excluding carboxylic acids is 1. The van der Waals surface area contributed by atoms with Gasteiger partial charge in [0, 0.05) is 58.3 Å². The van der Waals surface area contributed by atoms with E-state index in [4.69, 9.17) is 0 Å². The molecule has 2 aliphatic heterocycles. The number of piperazine rings is 1. The Morgan fingerprint density at radius 1 is 1.12 bits per heavy atom. The summed E-state index contributed by atoms with van der Waals surface area (Å²) in [6, 6.07) is 6.30. The number of aryl methyl sites for hydroxylation is 2. The smallest absolute Gasteiger partial charge is 0.227 e. The molecule has 1 amide bonds. The van der Waals surface area contributed by atoms with Gasteiger partial charge in [0.15, 0.2) is 0 Å². The second kappa shape index (κ2) is 8.51. The van der Waals surface area contributed by atoms with E-state index in [0.29, 0.717) is 18.9 Å². The van der Waals surface area contributed by atoms with Crippen molar-refractivity contribution in [1.29, 1.82) is 0 Å². The standard InChI is InChI=1S/C21H33N3O2/c1-16-4-5-17(2)18(10-16)11-21(26)24-13-19(20(14-24)15-25)12-23-8-6-22(3)7-9-23/h4-5,10,19-20,25H,6-9,11-15H2,1-3H3/t19-,20-/m1/s1. The van der Waals surface area contributed by atoms with E-state index in [1.54, 1.807) is 0 Å². The van der Waals surface area contributed by atoms with E-state index in [1.807, 2.05) is 4.90 Å². The van der Waals surface area contributed by atoms with Crippen LogP contribution in [0.1, 0.15) is 16.7 Å². The van der Waals surface area contributed by atoms with Gasteiger partial charge in [0.05, 0.1) is 6.42 Å². The fraction of sp³-hybridized carbons (Fsp3) is 0.667. The first-order chi connectivity index (χ1) is 12.5. The minimum Gasteiger partial charge on any atom is -0.396 e. The molecule has 5 heteroatoms. The average Bonchev–Trinajstić information content (AvgIpc) is 3.03. The van der Waals surface area contributed by atoms with Crippen molar-refractivity contribution in [2.45, 2.75) is 20.3 Å². The van der Waals surface area contributed by atoms with E-state index in [1.165, 1.54) is 11.1 Å². The molecule has 1 aromatic rings. The first kappa shape index (κ1) is 19.3. The van der Waals surface area contributed by atoms with Crippen LogP contribution in [0.5, 0.6) is 0 Å². The van der Waals surface area contributed by atoms with Crippen molar-refractivity contribution in [3.05, 3.63) is 34.9 Å². The van der Waals surface area contributed by atoms with Crippen molar-refractivity contribution in [2.75, 3.05) is 59.5 Å². The third-order valence-electron chi connectivity index (χ3n) is 6.10. The van der Waals surface area contributed by atoms with Gasteiger partial charge in [0.25, 0.3) is 0 Å². The normalized spacial score (nSPS) is 25.0. The van der Waals surface area contributed by atoms with Crippen molar-refractivity contribution in [3.8, 4) is 0 Å². The van der Waals surface area contributed by atoms with Crippen LogP contribution < -0.4 is 0 Å². The molecule has 0 radical (unpaired) electrons. The van der Waals surface area contributed by atoms with Crippen LogP contribution in [0.2, 0.25) is 0 Å². The fourth-order valence-corrected chi connectivity index (χ4v) is 4.18. The third-order valence-corrected chi connectivity index (χ3v) is 6.10. The first-order valence-electron chi connectivity index (χ1n) is 9.82. The molecule has 2 saturated heterocycles. The monoisotopic (exact) mass is 359 g/mol. The molecule has 144 valence electrons. The molecule has 2 fully saturated rings. The van der Waals surface area contributed by atoms with Gasteiger partial charge >= 0.3 is 0 Å². The van der Waals surface area contributed by atoms with Crippen LogP contribution in [0.4, 0.5) is 0 Å². The largest absolute Gasteiger partial charge is 0.396 e. The number of hydrogen-bond donors (Lipinski definition) is 1. The van der Waals surface area contributed by atoms with Crippen LogP contribution in [0.25, 0.3) is 0 Å². The molecule has 0 bridgehead atoms. The highest BCUT2D eigenvalue weighted by Crippen LogP contribution is 2.25. The zero-order valence-corrected chi connectivity index (χ0v) is 16.4. The second-order valence-corrected chi connectivity index (χ2v) is 8.21. The Morgan fingerprint density at radius 3 is 2.50 bits per heavy atom. The van der Waals surface area contributed by atoms with Crippen molar-refractivity contribution in [2.24, 2.45) is 11.8 Å². The maximum Gasteiger partial charge on any atom is 0.227 e. The van der Waals surface area contributed by atoms with Crippen LogP contribution in [-0.2, 0) is 11.2 Å². The summed E-state index contributed by atoms with van der Waals surface area (Å²) in [7, 11) is 2.16. The van der Waals surface area contributed by atoms with Crippen LogP contribution in [-0.4, -0.2) is 85.2 Å². The zero-order chi connectivity index (χ0) is 18.7. The number of nitrogens with zero attached hydrogens (tertiary/aromatic N) is 3. The lowest BCUT2D eigenvalue weighted by molar-refractivity contribution is -0.129. The highest BCUT2D eigenvalue weighted by molar-refractivity contribution is 5.79. The van der Waals surface area contributed by atoms with Crippen molar-refractivity contribution >= 4 is 5.91 Å². The highest BCUT2D eigenvalue weighted by atomic mass is 16.3. The second-order valence-electron chi connectivity index (χ2n) is 8.21. The summed E-state index contributed by atoms with van der Waals surface area (Å²) in [5, 5.41) is 9.81. The molecule has 2 heterocycles. The SMILES string of the molecule is Cc1ccc(C)c(CC(=O)N2C[C@@H](CN3CCN(C)CC3)[C@@H](CO)C2)c1. The number of rotatable bonds is 5. The number of likely N-dealkylation sites (tertiary alicyclic amines) is 1. The van der Waals surface area contributed by atoms with Gasteiger partial charge in [-0.05, 0) is 37.9 Å². The zero-order valence-electron chi connectivity index (χ0n) is 16.4. The molecule has 0 aliphatic carbocycles. The lowest BCUT2D eigenvalue weighted by Crippen LogP contribution is -2.47. The predicted molar refractivity (Wildman–Crippen MR) is 104 cm³/mol. The minimum atomic E-state index is 0.172. The van der Waals surface area contributed by atoms with E-state index in [0.717, 1.165) is 44.8 Å². The van der Waals surface area contributed by atoms with E-state index in [2.05, 4.69) is 48.9 Å². The number of hydrogen-bond acceptors (Lipinski definition) is 4. The highest BCUT2D eigenvalue weighted by Gasteiger charge is 2.36. The molecule has 0 spiro atoms. The van der Waals surface area contributed by atoms with E-state index >= 15 is 0 Å². The van der Waals surface area contributed by atoms with Crippen LogP contribution in [0, 0.1) is 25.7 Å². The number of benzene rings is 1. The summed E-state index contributed by atoms with van der Waals surface area (Å²) in [6.07, 6.45) is 0.465. The van der Waals surface area contributed by atoms with Crippen molar-refractivity contribution < 1.29 is 9.90 Å². The summed E-state index contributed by atoms with van der Waals surface area (Å²) >= 11 is 0. The molecular formula is C21H33N3O2. The van der Waals surface area contributed by atoms with Gasteiger partial charge in [-0.25, -0.2) is 0 Å². The molecule has 0 unspecified atom stereocenters. The van der Waals surface area contributed by atoms with Gasteiger partial charge in [-0.15, -0.1) is 0 Å². The van der Waals surface area contributed by atoms with Gasteiger partial charge in [-0.2, -0.15) is 0 Å². The van der Waals surface area contributed by atoms with Gasteiger partial charge in [-0.3, -0.25) is 4.79 Å². The molecule has 26 heavy (non-hydrogen) atoms. The number of aliphatic hydroxyl groups excluding tert-OH is 1. The minimum absolute atomic E-state index is 0.172. The first-order valence-corrected chi connectivity index (χ1v) is 9.82. The fourth-order valence-electron chi connectivity index (χ4n) is 4.18. The van der Waals surface area contributed by atoms with Gasteiger partial charge in [0.2, 0.25) is 5.91 Å². The number of likely N-dealkylation sites (N-methyl/N-ethyl adjacent to an activating group) is 1. The molecule has 1 aromatic carbocycles. The quantitative estimate of drug-likeness (QED) is 0.857. The van der Waals surface area contributed by atoms with Crippen LogP contribution in [0.15, 0.2) is 18.2 Å². The maximum atomic E-state index is 12.8. The molecule has 1 N–H and O–H groups in total. The Hall–Kier alpha value is -1.43. The Kier molecular flexibility index (Phi) is 6.33. The van der Waals surface area contributed by atoms with E-state index in [9.17, 15) is 9.90 Å². The molecule has 0 aromatic heterocycles. The molecule has 5 nitrogen and oxygen atoms in total. The number of amides is 1. The Labute approximate surface area is 157 Å². The lowest BCUT2D eigenvalue weighted by Gasteiger charge is -2.34. The predicted octanol–water partition coefficient (Wildman–Crippen LogP) is 1.16. The van der Waals surface area contributed by atoms with Gasteiger partial charge in [-0.1, -0.05) is 23.8 Å². The van der Waals surface area contributed by atoms with Gasteiger partial charge < -0.3 is 19.8 Å². The van der Waals surface area contributed by atoms with Crippen LogP contribution in [0.3, 0.4) is 0 Å². The van der Waals surface area contributed by atoms with Crippen molar-refractivity contribution in [1.82, 2.24) is 14.7 Å². The summed E-state index contributed by atoms with van der Waals surface area (Å²) in [6.45, 7) is 11.1. The van der Waals surface area contributed by atoms with E-state index in [-0.39, 0.29) is 18.4 Å². The van der Waals surface area contributed by atoms with E-state index < -0.39 is 0 Å². The molecule has 3 rings (SSSR count). The molecule has 2 aliphatic rings. The molecule has 0 saturated carbocycles.